The molecule has 112 valence electrons. The minimum atomic E-state index is -3.39. The van der Waals surface area contributed by atoms with Gasteiger partial charge in [0.15, 0.2) is 0 Å². The molecule has 1 aromatic carbocycles. The smallest absolute Gasteiger partial charge is 0.253 e. The SMILES string of the molecule is CCC[C@H](C)NC(=O)c1cc(NS(C)(=O)=O)ccc1Cl. The number of halogens is 1. The summed E-state index contributed by atoms with van der Waals surface area (Å²) >= 11 is 5.98. The Morgan fingerprint density at radius 1 is 1.40 bits per heavy atom. The van der Waals surface area contributed by atoms with E-state index in [4.69, 9.17) is 11.6 Å². The summed E-state index contributed by atoms with van der Waals surface area (Å²) in [6, 6.07) is 4.47. The van der Waals surface area contributed by atoms with Gasteiger partial charge in [-0.25, -0.2) is 8.42 Å². The number of nitrogens with one attached hydrogen (secondary N) is 2. The summed E-state index contributed by atoms with van der Waals surface area (Å²) in [5, 5.41) is 3.11. The third-order valence-corrected chi connectivity index (χ3v) is 3.55. The number of carbonyl (C=O) groups excluding carboxylic acids is 1. The quantitative estimate of drug-likeness (QED) is 0.846. The number of benzene rings is 1. The first-order valence-electron chi connectivity index (χ1n) is 6.31. The maximum atomic E-state index is 12.1. The second kappa shape index (κ2) is 6.95. The molecular weight excluding hydrogens is 300 g/mol. The average Bonchev–Trinajstić information content (AvgIpc) is 2.30. The molecule has 0 aromatic heterocycles. The lowest BCUT2D eigenvalue weighted by molar-refractivity contribution is 0.0938. The van der Waals surface area contributed by atoms with E-state index in [0.717, 1.165) is 19.1 Å². The molecule has 0 heterocycles. The van der Waals surface area contributed by atoms with Crippen LogP contribution in [0.2, 0.25) is 5.02 Å². The van der Waals surface area contributed by atoms with Crippen LogP contribution in [0.3, 0.4) is 0 Å². The number of hydrogen-bond donors (Lipinski definition) is 2. The fourth-order valence-electron chi connectivity index (χ4n) is 1.78. The largest absolute Gasteiger partial charge is 0.350 e. The van der Waals surface area contributed by atoms with Crippen LogP contribution in [0.1, 0.15) is 37.0 Å². The Labute approximate surface area is 124 Å². The van der Waals surface area contributed by atoms with Gasteiger partial charge < -0.3 is 5.32 Å². The predicted octanol–water partition coefficient (Wildman–Crippen LogP) is 2.63. The molecule has 0 fully saturated rings. The van der Waals surface area contributed by atoms with Gasteiger partial charge in [-0.3, -0.25) is 9.52 Å². The molecule has 1 atom stereocenters. The Kier molecular flexibility index (Phi) is 5.83. The van der Waals surface area contributed by atoms with E-state index < -0.39 is 10.0 Å². The van der Waals surface area contributed by atoms with Crippen LogP contribution in [0, 0.1) is 0 Å². The molecule has 5 nitrogen and oxygen atoms in total. The first-order valence-corrected chi connectivity index (χ1v) is 8.58. The first-order chi connectivity index (χ1) is 9.23. The fourth-order valence-corrected chi connectivity index (χ4v) is 2.54. The molecule has 0 aliphatic heterocycles. The van der Waals surface area contributed by atoms with Crippen molar-refractivity contribution in [3.8, 4) is 0 Å². The zero-order valence-corrected chi connectivity index (χ0v) is 13.3. The molecule has 0 aliphatic carbocycles. The predicted molar refractivity (Wildman–Crippen MR) is 81.8 cm³/mol. The Hall–Kier alpha value is -1.27. The molecule has 0 saturated carbocycles. The summed E-state index contributed by atoms with van der Waals surface area (Å²) in [5.74, 6) is -0.312. The van der Waals surface area contributed by atoms with Gasteiger partial charge in [-0.15, -0.1) is 0 Å². The van der Waals surface area contributed by atoms with Crippen molar-refractivity contribution in [2.45, 2.75) is 32.7 Å². The van der Waals surface area contributed by atoms with Crippen LogP contribution in [0.15, 0.2) is 18.2 Å². The highest BCUT2D eigenvalue weighted by molar-refractivity contribution is 7.92. The highest BCUT2D eigenvalue weighted by Gasteiger charge is 2.14. The van der Waals surface area contributed by atoms with Gasteiger partial charge in [0.25, 0.3) is 5.91 Å². The van der Waals surface area contributed by atoms with Gasteiger partial charge in [0.1, 0.15) is 0 Å². The van der Waals surface area contributed by atoms with Crippen molar-refractivity contribution >= 4 is 33.2 Å². The average molecular weight is 319 g/mol. The van der Waals surface area contributed by atoms with Crippen molar-refractivity contribution in [2.75, 3.05) is 11.0 Å². The lowest BCUT2D eigenvalue weighted by Crippen LogP contribution is -2.32. The number of amides is 1. The number of sulfonamides is 1. The summed E-state index contributed by atoms with van der Waals surface area (Å²) < 4.78 is 24.7. The zero-order valence-electron chi connectivity index (χ0n) is 11.7. The van der Waals surface area contributed by atoms with Gasteiger partial charge in [0.05, 0.1) is 16.8 Å². The summed E-state index contributed by atoms with van der Waals surface area (Å²) in [6.07, 6.45) is 2.88. The van der Waals surface area contributed by atoms with Crippen LogP contribution in [0.4, 0.5) is 5.69 Å². The van der Waals surface area contributed by atoms with E-state index in [0.29, 0.717) is 5.69 Å². The third kappa shape index (κ3) is 5.38. The second-order valence-corrected chi connectivity index (χ2v) is 6.89. The van der Waals surface area contributed by atoms with Crippen LogP contribution in [-0.2, 0) is 10.0 Å². The van der Waals surface area contributed by atoms with Crippen LogP contribution >= 0.6 is 11.6 Å². The standard InChI is InChI=1S/C13H19ClN2O3S/c1-4-5-9(2)15-13(17)11-8-10(6-7-12(11)14)16-20(3,18)19/h6-9,16H,4-5H2,1-3H3,(H,15,17)/t9-/m0/s1. The Bertz CT molecular complexity index is 587. The van der Waals surface area contributed by atoms with Crippen molar-refractivity contribution in [2.24, 2.45) is 0 Å². The molecule has 1 rings (SSSR count). The topological polar surface area (TPSA) is 75.3 Å². The minimum absolute atomic E-state index is 0.0371. The lowest BCUT2D eigenvalue weighted by Gasteiger charge is -2.14. The molecule has 0 unspecified atom stereocenters. The van der Waals surface area contributed by atoms with E-state index in [9.17, 15) is 13.2 Å². The van der Waals surface area contributed by atoms with Gasteiger partial charge in [0.2, 0.25) is 10.0 Å². The highest BCUT2D eigenvalue weighted by Crippen LogP contribution is 2.21. The van der Waals surface area contributed by atoms with E-state index >= 15 is 0 Å². The molecule has 1 amide bonds. The van der Waals surface area contributed by atoms with Crippen LogP contribution in [-0.4, -0.2) is 26.6 Å². The summed E-state index contributed by atoms with van der Waals surface area (Å²) in [5.41, 5.74) is 0.563. The highest BCUT2D eigenvalue weighted by atomic mass is 35.5. The first kappa shape index (κ1) is 16.8. The molecule has 7 heteroatoms. The second-order valence-electron chi connectivity index (χ2n) is 4.73. The Morgan fingerprint density at radius 2 is 2.05 bits per heavy atom. The van der Waals surface area contributed by atoms with Gasteiger partial charge in [0, 0.05) is 11.7 Å². The number of rotatable bonds is 6. The van der Waals surface area contributed by atoms with Crippen molar-refractivity contribution in [3.63, 3.8) is 0 Å². The van der Waals surface area contributed by atoms with Gasteiger partial charge in [-0.2, -0.15) is 0 Å². The van der Waals surface area contributed by atoms with Crippen molar-refractivity contribution in [1.29, 1.82) is 0 Å². The van der Waals surface area contributed by atoms with E-state index in [-0.39, 0.29) is 22.5 Å². The van der Waals surface area contributed by atoms with Crippen molar-refractivity contribution in [3.05, 3.63) is 28.8 Å². The van der Waals surface area contributed by atoms with Gasteiger partial charge in [-0.05, 0) is 31.5 Å². The number of hydrogen-bond acceptors (Lipinski definition) is 3. The van der Waals surface area contributed by atoms with E-state index in [1.807, 2.05) is 13.8 Å². The Morgan fingerprint density at radius 3 is 2.60 bits per heavy atom. The molecule has 0 radical (unpaired) electrons. The molecule has 0 aliphatic rings. The molecule has 1 aromatic rings. The maximum Gasteiger partial charge on any atom is 0.253 e. The van der Waals surface area contributed by atoms with Crippen LogP contribution in [0.5, 0.6) is 0 Å². The van der Waals surface area contributed by atoms with E-state index in [2.05, 4.69) is 10.0 Å². The van der Waals surface area contributed by atoms with Crippen molar-refractivity contribution in [1.82, 2.24) is 5.32 Å². The summed E-state index contributed by atoms with van der Waals surface area (Å²) in [6.45, 7) is 3.94. The third-order valence-electron chi connectivity index (χ3n) is 2.61. The molecule has 0 bridgehead atoms. The van der Waals surface area contributed by atoms with E-state index in [1.54, 1.807) is 0 Å². The summed E-state index contributed by atoms with van der Waals surface area (Å²) in [4.78, 5) is 12.1. The van der Waals surface area contributed by atoms with Crippen LogP contribution in [0.25, 0.3) is 0 Å². The monoisotopic (exact) mass is 318 g/mol. The van der Waals surface area contributed by atoms with Gasteiger partial charge in [-0.1, -0.05) is 24.9 Å². The maximum absolute atomic E-state index is 12.1. The molecule has 0 spiro atoms. The number of anilines is 1. The molecular formula is C13H19ClN2O3S. The zero-order chi connectivity index (χ0) is 15.3. The van der Waals surface area contributed by atoms with Gasteiger partial charge >= 0.3 is 0 Å². The minimum Gasteiger partial charge on any atom is -0.350 e. The fraction of sp³-hybridized carbons (Fsp3) is 0.462. The summed E-state index contributed by atoms with van der Waals surface area (Å²) in [7, 11) is -3.39. The Balaban J connectivity index is 2.93. The molecule has 20 heavy (non-hydrogen) atoms. The number of carbonyl (C=O) groups is 1. The van der Waals surface area contributed by atoms with E-state index in [1.165, 1.54) is 18.2 Å². The normalized spacial score (nSPS) is 12.8. The lowest BCUT2D eigenvalue weighted by atomic mass is 10.1. The molecule has 0 saturated heterocycles. The van der Waals surface area contributed by atoms with Crippen LogP contribution < -0.4 is 10.0 Å². The van der Waals surface area contributed by atoms with Crippen molar-refractivity contribution < 1.29 is 13.2 Å². The molecule has 2 N–H and O–H groups in total.